The summed E-state index contributed by atoms with van der Waals surface area (Å²) in [5.74, 6) is 1.72. The molecule has 0 spiro atoms. The van der Waals surface area contributed by atoms with E-state index in [-0.39, 0.29) is 17.5 Å². The van der Waals surface area contributed by atoms with Crippen molar-refractivity contribution in [1.29, 1.82) is 5.26 Å². The monoisotopic (exact) mass is 547 g/mol. The lowest BCUT2D eigenvalue weighted by Gasteiger charge is -2.26. The van der Waals surface area contributed by atoms with E-state index in [1.807, 2.05) is 59.5 Å². The number of hydrogen-bond donors (Lipinski definition) is 2. The third-order valence-electron chi connectivity index (χ3n) is 7.92. The van der Waals surface area contributed by atoms with Crippen LogP contribution in [0.4, 0.5) is 5.82 Å². The zero-order valence-corrected chi connectivity index (χ0v) is 23.1. The predicted molar refractivity (Wildman–Crippen MR) is 158 cm³/mol. The molecule has 3 heterocycles. The third-order valence-corrected chi connectivity index (χ3v) is 7.92. The van der Waals surface area contributed by atoms with Gasteiger partial charge in [0.05, 0.1) is 11.4 Å². The van der Waals surface area contributed by atoms with E-state index in [1.165, 1.54) is 6.33 Å². The maximum absolute atomic E-state index is 13.4. The average molecular weight is 548 g/mol. The first-order chi connectivity index (χ1) is 20.0. The van der Waals surface area contributed by atoms with Crippen LogP contribution in [0, 0.1) is 18.3 Å². The summed E-state index contributed by atoms with van der Waals surface area (Å²) >= 11 is 0. The molecule has 1 saturated carbocycles. The summed E-state index contributed by atoms with van der Waals surface area (Å²) in [6.45, 7) is 3.77. The number of nitrogen functional groups attached to an aromatic ring is 1. The Hall–Kier alpha value is -4.68. The van der Waals surface area contributed by atoms with Gasteiger partial charge in [0.15, 0.2) is 0 Å². The quantitative estimate of drug-likeness (QED) is 0.224. The van der Waals surface area contributed by atoms with Crippen LogP contribution in [-0.2, 0) is 11.3 Å². The van der Waals surface area contributed by atoms with Gasteiger partial charge in [-0.1, -0.05) is 30.3 Å². The molecule has 4 aromatic rings. The molecular weight excluding hydrogens is 514 g/mol. The van der Waals surface area contributed by atoms with Crippen molar-refractivity contribution in [3.05, 3.63) is 78.3 Å². The van der Waals surface area contributed by atoms with Gasteiger partial charge in [0.25, 0.3) is 5.91 Å². The number of anilines is 1. The van der Waals surface area contributed by atoms with Crippen LogP contribution < -0.4 is 15.8 Å². The fourth-order valence-electron chi connectivity index (χ4n) is 5.65. The molecule has 6 rings (SSSR count). The number of aromatic nitrogens is 3. The molecule has 1 aliphatic heterocycles. The van der Waals surface area contributed by atoms with Gasteiger partial charge in [0, 0.05) is 36.9 Å². The van der Waals surface area contributed by atoms with Gasteiger partial charge < -0.3 is 25.3 Å². The van der Waals surface area contributed by atoms with Gasteiger partial charge in [-0.25, -0.2) is 9.97 Å². The predicted octanol–water partition coefficient (Wildman–Crippen LogP) is 4.97. The Bertz CT molecular complexity index is 1630. The number of ether oxygens (including phenoxy) is 1. The lowest BCUT2D eigenvalue weighted by molar-refractivity contribution is -0.127. The van der Waals surface area contributed by atoms with Crippen LogP contribution in [0.2, 0.25) is 0 Å². The Morgan fingerprint density at radius 1 is 1.12 bits per heavy atom. The number of nitriles is 1. The van der Waals surface area contributed by atoms with Crippen LogP contribution in [0.15, 0.2) is 72.6 Å². The van der Waals surface area contributed by atoms with Crippen molar-refractivity contribution in [2.45, 2.75) is 51.2 Å². The number of benzene rings is 2. The Labute approximate surface area is 239 Å². The van der Waals surface area contributed by atoms with Crippen LogP contribution in [0.5, 0.6) is 11.5 Å². The van der Waals surface area contributed by atoms with Crippen LogP contribution in [0.25, 0.3) is 22.2 Å². The zero-order valence-electron chi connectivity index (χ0n) is 23.1. The third kappa shape index (κ3) is 5.52. The van der Waals surface area contributed by atoms with E-state index in [9.17, 15) is 10.1 Å². The Kier molecular flexibility index (Phi) is 7.40. The van der Waals surface area contributed by atoms with E-state index < -0.39 is 0 Å². The van der Waals surface area contributed by atoms with Gasteiger partial charge in [0.2, 0.25) is 0 Å². The summed E-state index contributed by atoms with van der Waals surface area (Å²) in [5.41, 5.74) is 10.3. The average Bonchev–Trinajstić information content (AvgIpc) is 3.62. The molecule has 0 bridgehead atoms. The molecule has 1 saturated heterocycles. The van der Waals surface area contributed by atoms with Gasteiger partial charge in [0.1, 0.15) is 40.9 Å². The van der Waals surface area contributed by atoms with Crippen LogP contribution in [-0.4, -0.2) is 50.5 Å². The van der Waals surface area contributed by atoms with Crippen molar-refractivity contribution in [3.8, 4) is 28.7 Å². The molecule has 9 nitrogen and oxygen atoms in total. The molecule has 0 radical (unpaired) electrons. The number of likely N-dealkylation sites (tertiary alicyclic amines) is 1. The summed E-state index contributed by atoms with van der Waals surface area (Å²) < 4.78 is 8.12. The normalized spacial score (nSPS) is 17.1. The lowest BCUT2D eigenvalue weighted by atomic mass is 10.0. The van der Waals surface area contributed by atoms with Crippen molar-refractivity contribution >= 4 is 22.8 Å². The molecule has 1 aliphatic carbocycles. The SMILES string of the molecule is Cc1c(-c2ccc(Oc3ccccc3)cc2)c2c(N)ncnc2n1CC1CCCN1C(=O)C(C#N)=CCNC1CC1. The minimum atomic E-state index is -0.204. The second-order valence-electron chi connectivity index (χ2n) is 10.7. The summed E-state index contributed by atoms with van der Waals surface area (Å²) in [6.07, 6.45) is 7.26. The van der Waals surface area contributed by atoms with Gasteiger partial charge >= 0.3 is 0 Å². The van der Waals surface area contributed by atoms with E-state index in [0.717, 1.165) is 65.0 Å². The van der Waals surface area contributed by atoms with Crippen molar-refractivity contribution in [2.75, 3.05) is 18.8 Å². The number of rotatable bonds is 9. The standard InChI is InChI=1S/C32H33N7O2/c1-21-28(22-9-13-27(14-10-22)41-26-7-3-2-4-8-26)29-30(34)36-20-37-31(29)39(21)19-25-6-5-17-38(25)32(40)23(18-33)15-16-35-24-11-12-24/h2-4,7-10,13-15,20,24-25,35H,5-6,11-12,16-17,19H2,1H3,(H2,34,36,37). The van der Waals surface area contributed by atoms with E-state index in [1.54, 1.807) is 6.08 Å². The van der Waals surface area contributed by atoms with E-state index in [4.69, 9.17) is 10.5 Å². The Morgan fingerprint density at radius 3 is 2.61 bits per heavy atom. The van der Waals surface area contributed by atoms with Crippen LogP contribution >= 0.6 is 0 Å². The molecule has 1 atom stereocenters. The number of nitrogens with zero attached hydrogens (tertiary/aromatic N) is 5. The highest BCUT2D eigenvalue weighted by Gasteiger charge is 2.32. The van der Waals surface area contributed by atoms with Crippen LogP contribution in [0.3, 0.4) is 0 Å². The molecule has 2 fully saturated rings. The molecule has 1 unspecified atom stereocenters. The highest BCUT2D eigenvalue weighted by Crippen LogP contribution is 2.38. The fraction of sp³-hybridized carbons (Fsp3) is 0.312. The highest BCUT2D eigenvalue weighted by atomic mass is 16.5. The minimum Gasteiger partial charge on any atom is -0.457 e. The smallest absolute Gasteiger partial charge is 0.264 e. The number of fused-ring (bicyclic) bond motifs is 1. The number of amides is 1. The first-order valence-electron chi connectivity index (χ1n) is 14.1. The first-order valence-corrected chi connectivity index (χ1v) is 14.1. The van der Waals surface area contributed by atoms with Gasteiger partial charge in [-0.05, 0) is 68.5 Å². The summed E-state index contributed by atoms with van der Waals surface area (Å²) in [6, 6.07) is 20.2. The number of nitrogens with one attached hydrogen (secondary N) is 1. The topological polar surface area (TPSA) is 122 Å². The molecule has 208 valence electrons. The number of nitrogens with two attached hydrogens (primary N) is 1. The molecule has 2 aliphatic rings. The van der Waals surface area contributed by atoms with Crippen molar-refractivity contribution in [1.82, 2.24) is 24.8 Å². The maximum Gasteiger partial charge on any atom is 0.264 e. The van der Waals surface area contributed by atoms with Crippen molar-refractivity contribution in [3.63, 3.8) is 0 Å². The highest BCUT2D eigenvalue weighted by molar-refractivity contribution is 6.02. The second kappa shape index (κ2) is 11.4. The molecule has 9 heteroatoms. The number of carbonyl (C=O) groups is 1. The second-order valence-corrected chi connectivity index (χ2v) is 10.7. The molecular formula is C32H33N7O2. The minimum absolute atomic E-state index is 0.0596. The Morgan fingerprint density at radius 2 is 1.88 bits per heavy atom. The summed E-state index contributed by atoms with van der Waals surface area (Å²) in [4.78, 5) is 24.2. The van der Waals surface area contributed by atoms with E-state index >= 15 is 0 Å². The molecule has 2 aromatic carbocycles. The number of hydrogen-bond acceptors (Lipinski definition) is 7. The van der Waals surface area contributed by atoms with Gasteiger partial charge in [-0.2, -0.15) is 5.26 Å². The van der Waals surface area contributed by atoms with Crippen molar-refractivity contribution < 1.29 is 9.53 Å². The molecule has 3 N–H and O–H groups in total. The maximum atomic E-state index is 13.4. The lowest BCUT2D eigenvalue weighted by Crippen LogP contribution is -2.39. The largest absolute Gasteiger partial charge is 0.457 e. The Balaban J connectivity index is 1.28. The summed E-state index contributed by atoms with van der Waals surface area (Å²) in [7, 11) is 0. The fourth-order valence-corrected chi connectivity index (χ4v) is 5.65. The zero-order chi connectivity index (χ0) is 28.3. The number of carbonyl (C=O) groups excluding carboxylic acids is 1. The first kappa shape index (κ1) is 26.5. The molecule has 2 aromatic heterocycles. The van der Waals surface area contributed by atoms with Crippen LogP contribution in [0.1, 0.15) is 31.4 Å². The van der Waals surface area contributed by atoms with E-state index in [2.05, 4.69) is 32.8 Å². The van der Waals surface area contributed by atoms with Crippen molar-refractivity contribution in [2.24, 2.45) is 0 Å². The van der Waals surface area contributed by atoms with E-state index in [0.29, 0.717) is 31.5 Å². The summed E-state index contributed by atoms with van der Waals surface area (Å²) in [5, 5.41) is 13.9. The van der Waals surface area contributed by atoms with Gasteiger partial charge in [-0.15, -0.1) is 0 Å². The molecule has 41 heavy (non-hydrogen) atoms. The molecule has 1 amide bonds. The number of para-hydroxylation sites is 1. The van der Waals surface area contributed by atoms with Gasteiger partial charge in [-0.3, -0.25) is 4.79 Å².